The summed E-state index contributed by atoms with van der Waals surface area (Å²) in [6.07, 6.45) is -12.0. The lowest BCUT2D eigenvalue weighted by Crippen LogP contribution is -2.53. The van der Waals surface area contributed by atoms with Gasteiger partial charge in [-0.25, -0.2) is 4.98 Å². The highest BCUT2D eigenvalue weighted by Gasteiger charge is 2.71. The van der Waals surface area contributed by atoms with Gasteiger partial charge in [0, 0.05) is 12.0 Å². The zero-order valence-corrected chi connectivity index (χ0v) is 18.1. The van der Waals surface area contributed by atoms with Crippen molar-refractivity contribution < 1.29 is 31.4 Å². The molecule has 0 aliphatic carbocycles. The highest BCUT2D eigenvalue weighted by molar-refractivity contribution is 5.79. The van der Waals surface area contributed by atoms with Crippen LogP contribution in [-0.2, 0) is 12.0 Å². The number of aromatic nitrogens is 2. The van der Waals surface area contributed by atoms with Crippen molar-refractivity contribution in [3.8, 4) is 11.8 Å². The second-order valence-electron chi connectivity index (χ2n) is 7.93. The topological polar surface area (TPSA) is 78.9 Å². The lowest BCUT2D eigenvalue weighted by molar-refractivity contribution is -0.376. The third-order valence-electron chi connectivity index (χ3n) is 5.64. The molecular weight excluding hydrogens is 488 g/mol. The minimum Gasteiger partial charge on any atom is -0.369 e. The first-order chi connectivity index (χ1) is 16.9. The number of nitriles is 1. The Morgan fingerprint density at radius 3 is 2.06 bits per heavy atom. The van der Waals surface area contributed by atoms with Crippen molar-refractivity contribution in [1.82, 2.24) is 9.55 Å². The van der Waals surface area contributed by atoms with Gasteiger partial charge in [-0.15, -0.1) is 0 Å². The molecule has 0 saturated heterocycles. The van der Waals surface area contributed by atoms with Gasteiger partial charge < -0.3 is 5.11 Å². The van der Waals surface area contributed by atoms with Crippen molar-refractivity contribution in [2.24, 2.45) is 0 Å². The van der Waals surface area contributed by atoms with Gasteiger partial charge in [-0.2, -0.15) is 31.6 Å². The summed E-state index contributed by atoms with van der Waals surface area (Å²) in [5.74, 6) is 0.165. The van der Waals surface area contributed by atoms with Crippen LogP contribution in [0.25, 0.3) is 16.6 Å². The zero-order chi connectivity index (χ0) is 26.3. The van der Waals surface area contributed by atoms with Gasteiger partial charge in [0.15, 0.2) is 0 Å². The number of halogens is 6. The van der Waals surface area contributed by atoms with Gasteiger partial charge in [-0.3, -0.25) is 9.36 Å². The molecular formula is C25H15F6N3O2. The van der Waals surface area contributed by atoms with Gasteiger partial charge in [0.2, 0.25) is 0 Å². The monoisotopic (exact) mass is 503 g/mol. The lowest BCUT2D eigenvalue weighted by atomic mass is 9.92. The molecule has 0 bridgehead atoms. The third kappa shape index (κ3) is 4.20. The van der Waals surface area contributed by atoms with E-state index in [1.807, 2.05) is 6.07 Å². The summed E-state index contributed by atoms with van der Waals surface area (Å²) in [5.41, 5.74) is -6.12. The van der Waals surface area contributed by atoms with Crippen LogP contribution in [0.15, 0.2) is 77.6 Å². The summed E-state index contributed by atoms with van der Waals surface area (Å²) in [5, 5.41) is 18.9. The molecule has 0 fully saturated rings. The average molecular weight is 503 g/mol. The van der Waals surface area contributed by atoms with Crippen LogP contribution in [-0.4, -0.2) is 27.0 Å². The molecule has 0 saturated carbocycles. The van der Waals surface area contributed by atoms with Crippen molar-refractivity contribution >= 4 is 10.9 Å². The van der Waals surface area contributed by atoms with Gasteiger partial charge in [-0.05, 0) is 35.9 Å². The molecule has 184 valence electrons. The molecule has 0 radical (unpaired) electrons. The minimum absolute atomic E-state index is 0.0389. The van der Waals surface area contributed by atoms with Crippen LogP contribution in [0.2, 0.25) is 0 Å². The molecule has 1 aromatic heterocycles. The highest BCUT2D eigenvalue weighted by atomic mass is 19.4. The van der Waals surface area contributed by atoms with Crippen molar-refractivity contribution in [1.29, 1.82) is 5.26 Å². The quantitative estimate of drug-likeness (QED) is 0.391. The first-order valence-electron chi connectivity index (χ1n) is 10.3. The highest BCUT2D eigenvalue weighted by Crippen LogP contribution is 2.50. The van der Waals surface area contributed by atoms with E-state index in [-0.39, 0.29) is 34.4 Å². The molecule has 36 heavy (non-hydrogen) atoms. The van der Waals surface area contributed by atoms with Crippen molar-refractivity contribution in [2.45, 2.75) is 24.4 Å². The van der Waals surface area contributed by atoms with E-state index in [4.69, 9.17) is 0 Å². The predicted molar refractivity (Wildman–Crippen MR) is 117 cm³/mol. The first kappa shape index (κ1) is 24.9. The fourth-order valence-electron chi connectivity index (χ4n) is 3.80. The molecule has 0 unspecified atom stereocenters. The number of nitrogens with zero attached hydrogens (tertiary/aromatic N) is 3. The van der Waals surface area contributed by atoms with E-state index in [0.717, 1.165) is 22.3 Å². The fraction of sp³-hybridized carbons (Fsp3) is 0.160. The molecule has 1 N–H and O–H groups in total. The molecule has 11 heteroatoms. The maximum atomic E-state index is 13.4. The molecule has 1 heterocycles. The number of hydrogen-bond donors (Lipinski definition) is 1. The molecule has 3 aromatic carbocycles. The van der Waals surface area contributed by atoms with Crippen LogP contribution >= 0.6 is 0 Å². The van der Waals surface area contributed by atoms with E-state index in [9.17, 15) is 41.5 Å². The lowest BCUT2D eigenvalue weighted by Gasteiger charge is -2.32. The number of rotatable bonds is 4. The molecule has 4 aromatic rings. The van der Waals surface area contributed by atoms with E-state index in [1.165, 1.54) is 18.2 Å². The Kier molecular flexibility index (Phi) is 6.10. The third-order valence-corrected chi connectivity index (χ3v) is 5.64. The summed E-state index contributed by atoms with van der Waals surface area (Å²) in [7, 11) is 0. The Morgan fingerprint density at radius 1 is 0.889 bits per heavy atom. The second kappa shape index (κ2) is 8.80. The van der Waals surface area contributed by atoms with Crippen LogP contribution in [0.3, 0.4) is 0 Å². The Labute approximate surface area is 199 Å². The molecule has 0 aliphatic heterocycles. The second-order valence-corrected chi connectivity index (χ2v) is 7.93. The Balaban J connectivity index is 1.93. The SMILES string of the molecule is N#Cc1ccc2nc(Cc3ccccc3)n(-c3ccc(C(O)(C(F)(F)F)C(F)(F)F)cc3)c(=O)c2c1. The van der Waals surface area contributed by atoms with Crippen LogP contribution in [0.5, 0.6) is 0 Å². The maximum absolute atomic E-state index is 13.4. The molecule has 4 rings (SSSR count). The smallest absolute Gasteiger partial charge is 0.369 e. The summed E-state index contributed by atoms with van der Waals surface area (Å²) < 4.78 is 80.6. The zero-order valence-electron chi connectivity index (χ0n) is 18.1. The van der Waals surface area contributed by atoms with Crippen LogP contribution in [0, 0.1) is 11.3 Å². The fourth-order valence-corrected chi connectivity index (χ4v) is 3.80. The Morgan fingerprint density at radius 2 is 1.50 bits per heavy atom. The maximum Gasteiger partial charge on any atom is 0.430 e. The summed E-state index contributed by atoms with van der Waals surface area (Å²) in [4.78, 5) is 17.9. The van der Waals surface area contributed by atoms with Gasteiger partial charge >= 0.3 is 12.4 Å². The van der Waals surface area contributed by atoms with Gasteiger partial charge in [0.1, 0.15) is 5.82 Å². The molecule has 0 aliphatic rings. The van der Waals surface area contributed by atoms with E-state index in [1.54, 1.807) is 30.3 Å². The standard InChI is InChI=1S/C25H15F6N3O2/c26-24(27,28)23(36,25(29,30)31)17-7-9-18(10-8-17)34-21(13-15-4-2-1-3-5-15)33-20-11-6-16(14-32)12-19(20)22(34)35/h1-12,36H,13H2. The van der Waals surface area contributed by atoms with E-state index in [0.29, 0.717) is 12.1 Å². The van der Waals surface area contributed by atoms with Crippen molar-refractivity contribution in [2.75, 3.05) is 0 Å². The number of hydrogen-bond acceptors (Lipinski definition) is 4. The summed E-state index contributed by atoms with van der Waals surface area (Å²) in [6, 6.07) is 17.6. The number of benzene rings is 3. The van der Waals surface area contributed by atoms with Crippen molar-refractivity contribution in [3.05, 3.63) is 106 Å². The number of alkyl halides is 6. The normalized spacial score (nSPS) is 12.5. The predicted octanol–water partition coefficient (Wildman–Crippen LogP) is 5.16. The van der Waals surface area contributed by atoms with Crippen LogP contribution < -0.4 is 5.56 Å². The Hall–Kier alpha value is -4.17. The summed E-state index contributed by atoms with van der Waals surface area (Å²) >= 11 is 0. The Bertz CT molecular complexity index is 1510. The van der Waals surface area contributed by atoms with E-state index in [2.05, 4.69) is 4.98 Å². The summed E-state index contributed by atoms with van der Waals surface area (Å²) in [6.45, 7) is 0. The molecule has 0 amide bonds. The van der Waals surface area contributed by atoms with Gasteiger partial charge in [-0.1, -0.05) is 42.5 Å². The number of fused-ring (bicyclic) bond motifs is 1. The minimum atomic E-state index is -6.04. The van der Waals surface area contributed by atoms with Gasteiger partial charge in [0.25, 0.3) is 11.2 Å². The largest absolute Gasteiger partial charge is 0.430 e. The molecule has 5 nitrogen and oxygen atoms in total. The average Bonchev–Trinajstić information content (AvgIpc) is 2.83. The molecule has 0 spiro atoms. The number of aliphatic hydroxyl groups is 1. The van der Waals surface area contributed by atoms with E-state index < -0.39 is 29.1 Å². The molecule has 0 atom stereocenters. The van der Waals surface area contributed by atoms with Gasteiger partial charge in [0.05, 0.1) is 28.2 Å². The first-order valence-corrected chi connectivity index (χ1v) is 10.3. The van der Waals surface area contributed by atoms with E-state index >= 15 is 0 Å². The van der Waals surface area contributed by atoms with Crippen LogP contribution in [0.4, 0.5) is 26.3 Å². The van der Waals surface area contributed by atoms with Crippen LogP contribution in [0.1, 0.15) is 22.5 Å². The van der Waals surface area contributed by atoms with Crippen molar-refractivity contribution in [3.63, 3.8) is 0 Å².